The van der Waals surface area contributed by atoms with Crippen LogP contribution in [-0.2, 0) is 6.54 Å². The van der Waals surface area contributed by atoms with Crippen LogP contribution >= 0.6 is 50.8 Å². The lowest BCUT2D eigenvalue weighted by molar-refractivity contribution is 0.0998. The molecule has 3 nitrogen and oxygen atoms in total. The van der Waals surface area contributed by atoms with Crippen molar-refractivity contribution in [2.75, 3.05) is 17.8 Å². The minimum Gasteiger partial charge on any atom is -0.316 e. The molecule has 3 rings (SSSR count). The molecule has 0 N–H and O–H groups in total. The van der Waals surface area contributed by atoms with E-state index in [0.717, 1.165) is 37.5 Å². The molecule has 2 aromatic carbocycles. The zero-order chi connectivity index (χ0) is 18.5. The summed E-state index contributed by atoms with van der Waals surface area (Å²) in [6, 6.07) is 13.9. The van der Waals surface area contributed by atoms with Crippen LogP contribution in [0.1, 0.15) is 17.3 Å². The highest BCUT2D eigenvalue weighted by Gasteiger charge is 2.10. The molecule has 1 aromatic heterocycles. The van der Waals surface area contributed by atoms with Crippen molar-refractivity contribution in [1.82, 2.24) is 4.57 Å². The fraction of sp³-hybridized carbons (Fsp3) is 0.263. The molecule has 0 bridgehead atoms. The first-order valence-electron chi connectivity index (χ1n) is 8.22. The van der Waals surface area contributed by atoms with Crippen molar-refractivity contribution in [3.63, 3.8) is 0 Å². The molecule has 0 saturated heterocycles. The summed E-state index contributed by atoms with van der Waals surface area (Å²) in [4.78, 5) is 19.0. The van der Waals surface area contributed by atoms with E-state index in [2.05, 4.69) is 50.8 Å². The van der Waals surface area contributed by atoms with E-state index in [9.17, 15) is 4.79 Å². The fourth-order valence-corrected chi connectivity index (χ4v) is 5.18. The maximum absolute atomic E-state index is 12.7. The Bertz CT molecular complexity index is 977. The van der Waals surface area contributed by atoms with Crippen LogP contribution < -0.4 is 4.80 Å². The van der Waals surface area contributed by atoms with Gasteiger partial charge in [-0.2, -0.15) is 16.8 Å². The molecule has 1 amide bonds. The molecule has 3 aromatic rings. The van der Waals surface area contributed by atoms with Gasteiger partial charge in [-0.15, -0.1) is 11.8 Å². The van der Waals surface area contributed by atoms with Gasteiger partial charge in [0.15, 0.2) is 4.80 Å². The number of fused-ring (bicyclic) bond motifs is 1. The van der Waals surface area contributed by atoms with Crippen LogP contribution in [0.2, 0.25) is 0 Å². The summed E-state index contributed by atoms with van der Waals surface area (Å²) in [6.07, 6.45) is 2.09. The molecule has 0 saturated carbocycles. The standard InChI is InChI=1S/C19H19BrN2OS3/c1-3-25-15-7-4-13(5-8-15)18(23)21-19-22(10-11-24-2)16-9-6-14(20)12-17(16)26-19/h4-9,12H,3,10-11H2,1-2H3. The van der Waals surface area contributed by atoms with Crippen molar-refractivity contribution in [2.24, 2.45) is 4.99 Å². The highest BCUT2D eigenvalue weighted by Crippen LogP contribution is 2.23. The van der Waals surface area contributed by atoms with Gasteiger partial charge >= 0.3 is 0 Å². The van der Waals surface area contributed by atoms with E-state index in [1.54, 1.807) is 34.9 Å². The van der Waals surface area contributed by atoms with Gasteiger partial charge < -0.3 is 4.57 Å². The number of carbonyl (C=O) groups is 1. The van der Waals surface area contributed by atoms with Crippen LogP contribution in [-0.4, -0.2) is 28.2 Å². The Balaban J connectivity index is 2.00. The van der Waals surface area contributed by atoms with Crippen LogP contribution in [0.25, 0.3) is 10.2 Å². The third-order valence-corrected chi connectivity index (χ3v) is 6.79. The van der Waals surface area contributed by atoms with Crippen molar-refractivity contribution in [1.29, 1.82) is 0 Å². The first kappa shape index (κ1) is 19.7. The normalized spacial score (nSPS) is 12.0. The number of carbonyl (C=O) groups excluding carboxylic acids is 1. The maximum Gasteiger partial charge on any atom is 0.279 e. The van der Waals surface area contributed by atoms with E-state index in [1.807, 2.05) is 30.3 Å². The summed E-state index contributed by atoms with van der Waals surface area (Å²) in [7, 11) is 0. The predicted octanol–water partition coefficient (Wildman–Crippen LogP) is 5.68. The third-order valence-electron chi connectivity index (χ3n) is 3.77. The molecule has 26 heavy (non-hydrogen) atoms. The molecule has 136 valence electrons. The van der Waals surface area contributed by atoms with Crippen molar-refractivity contribution in [3.05, 3.63) is 57.3 Å². The molecule has 0 aliphatic heterocycles. The lowest BCUT2D eigenvalue weighted by Gasteiger charge is -2.04. The second kappa shape index (κ2) is 9.26. The number of aryl methyl sites for hydroxylation is 1. The van der Waals surface area contributed by atoms with Gasteiger partial charge in [-0.1, -0.05) is 34.2 Å². The highest BCUT2D eigenvalue weighted by molar-refractivity contribution is 9.10. The number of aromatic nitrogens is 1. The summed E-state index contributed by atoms with van der Waals surface area (Å²) in [6.45, 7) is 2.95. The average molecular weight is 467 g/mol. The lowest BCUT2D eigenvalue weighted by Crippen LogP contribution is -2.18. The van der Waals surface area contributed by atoms with Crippen LogP contribution in [0.3, 0.4) is 0 Å². The first-order valence-corrected chi connectivity index (χ1v) is 12.2. The zero-order valence-corrected chi connectivity index (χ0v) is 18.6. The van der Waals surface area contributed by atoms with Crippen molar-refractivity contribution in [2.45, 2.75) is 18.4 Å². The highest BCUT2D eigenvalue weighted by atomic mass is 79.9. The molecule has 0 fully saturated rings. The van der Waals surface area contributed by atoms with Crippen LogP contribution in [0.4, 0.5) is 0 Å². The van der Waals surface area contributed by atoms with E-state index < -0.39 is 0 Å². The SMILES string of the molecule is CCSc1ccc(C(=O)N=c2sc3cc(Br)ccc3n2CCSC)cc1. The largest absolute Gasteiger partial charge is 0.316 e. The monoisotopic (exact) mass is 466 g/mol. The van der Waals surface area contributed by atoms with E-state index in [-0.39, 0.29) is 5.91 Å². The van der Waals surface area contributed by atoms with Crippen LogP contribution in [0.5, 0.6) is 0 Å². The smallest absolute Gasteiger partial charge is 0.279 e. The predicted molar refractivity (Wildman–Crippen MR) is 119 cm³/mol. The molecule has 0 unspecified atom stereocenters. The second-order valence-corrected chi connectivity index (χ2v) is 9.76. The summed E-state index contributed by atoms with van der Waals surface area (Å²) in [5, 5.41) is 0. The number of halogens is 1. The Morgan fingerprint density at radius 2 is 2.00 bits per heavy atom. The number of rotatable bonds is 6. The number of hydrogen-bond acceptors (Lipinski definition) is 4. The first-order chi connectivity index (χ1) is 12.6. The Kier molecular flexibility index (Phi) is 7.03. The number of nitrogens with zero attached hydrogens (tertiary/aromatic N) is 2. The number of amides is 1. The van der Waals surface area contributed by atoms with Crippen LogP contribution in [0.15, 0.2) is 56.8 Å². The van der Waals surface area contributed by atoms with E-state index in [0.29, 0.717) is 5.56 Å². The van der Waals surface area contributed by atoms with Crippen LogP contribution in [0, 0.1) is 0 Å². The lowest BCUT2D eigenvalue weighted by atomic mass is 10.2. The quantitative estimate of drug-likeness (QED) is 0.438. The van der Waals surface area contributed by atoms with E-state index in [4.69, 9.17) is 0 Å². The molecule has 0 aliphatic rings. The van der Waals surface area contributed by atoms with Gasteiger partial charge in [0.2, 0.25) is 0 Å². The fourth-order valence-electron chi connectivity index (χ4n) is 2.54. The molecule has 1 heterocycles. The van der Waals surface area contributed by atoms with Gasteiger partial charge in [0, 0.05) is 27.2 Å². The van der Waals surface area contributed by atoms with Gasteiger partial charge in [0.25, 0.3) is 5.91 Å². The summed E-state index contributed by atoms with van der Waals surface area (Å²) < 4.78 is 4.30. The third kappa shape index (κ3) is 4.63. The number of benzene rings is 2. The van der Waals surface area contributed by atoms with Crippen molar-refractivity contribution >= 4 is 66.9 Å². The average Bonchev–Trinajstić information content (AvgIpc) is 2.96. The number of thioether (sulfide) groups is 2. The molecular formula is C19H19BrN2OS3. The van der Waals surface area contributed by atoms with Gasteiger partial charge in [0.1, 0.15) is 0 Å². The Hall–Kier alpha value is -1.02. The maximum atomic E-state index is 12.7. The molecular weight excluding hydrogens is 448 g/mol. The van der Waals surface area contributed by atoms with Gasteiger partial charge in [-0.05, 0) is 54.5 Å². The Labute approximate surface area is 174 Å². The second-order valence-electron chi connectivity index (χ2n) is 5.52. The minimum absolute atomic E-state index is 0.193. The van der Waals surface area contributed by atoms with E-state index >= 15 is 0 Å². The molecule has 0 spiro atoms. The topological polar surface area (TPSA) is 34.4 Å². The Morgan fingerprint density at radius 1 is 1.23 bits per heavy atom. The van der Waals surface area contributed by atoms with Crippen molar-refractivity contribution in [3.8, 4) is 0 Å². The molecule has 0 atom stereocenters. The van der Waals surface area contributed by atoms with Gasteiger partial charge in [-0.3, -0.25) is 4.79 Å². The molecule has 0 radical (unpaired) electrons. The zero-order valence-electron chi connectivity index (χ0n) is 14.6. The summed E-state index contributed by atoms with van der Waals surface area (Å²) >= 11 is 8.63. The van der Waals surface area contributed by atoms with Gasteiger partial charge in [-0.25, -0.2) is 0 Å². The molecule has 0 aliphatic carbocycles. The molecule has 7 heteroatoms. The number of hydrogen-bond donors (Lipinski definition) is 0. The van der Waals surface area contributed by atoms with Crippen molar-refractivity contribution < 1.29 is 4.79 Å². The summed E-state index contributed by atoms with van der Waals surface area (Å²) in [5.41, 5.74) is 1.74. The van der Waals surface area contributed by atoms with Gasteiger partial charge in [0.05, 0.1) is 10.2 Å². The van der Waals surface area contributed by atoms with E-state index in [1.165, 1.54) is 4.90 Å². The Morgan fingerprint density at radius 3 is 2.69 bits per heavy atom. The number of thiazole rings is 1. The minimum atomic E-state index is -0.193. The summed E-state index contributed by atoms with van der Waals surface area (Å²) in [5.74, 6) is 1.80.